The van der Waals surface area contributed by atoms with Crippen molar-refractivity contribution in [2.75, 3.05) is 0 Å². The summed E-state index contributed by atoms with van der Waals surface area (Å²) in [6.45, 7) is 1.44. The number of Topliss-reactive ketones (excluding diaryl/α,β-unsaturated/α-hetero) is 1. The number of carbonyl (C=O) groups excluding carboxylic acids is 1. The number of hydrogen-bond acceptors (Lipinski definition) is 4. The second kappa shape index (κ2) is 7.90. The molecule has 5 nitrogen and oxygen atoms in total. The lowest BCUT2D eigenvalue weighted by Gasteiger charge is -2.13. The number of rotatable bonds is 7. The average molecular weight is 368 g/mol. The number of halogens is 3. The molecule has 8 heteroatoms. The zero-order valence-corrected chi connectivity index (χ0v) is 13.6. The van der Waals surface area contributed by atoms with Crippen molar-refractivity contribution in [1.29, 1.82) is 0 Å². The molecular weight excluding hydrogens is 353 g/mol. The van der Waals surface area contributed by atoms with E-state index in [0.29, 0.717) is 11.5 Å². The van der Waals surface area contributed by atoms with Gasteiger partial charge in [-0.05, 0) is 55.5 Å². The Bertz CT molecular complexity index is 767. The Morgan fingerprint density at radius 2 is 1.42 bits per heavy atom. The highest BCUT2D eigenvalue weighted by atomic mass is 19.4. The number of aliphatic carboxylic acids is 1. The van der Waals surface area contributed by atoms with Gasteiger partial charge in [-0.1, -0.05) is 0 Å². The Morgan fingerprint density at radius 3 is 1.88 bits per heavy atom. The van der Waals surface area contributed by atoms with Gasteiger partial charge in [-0.3, -0.25) is 9.59 Å². The molecule has 0 aliphatic rings. The van der Waals surface area contributed by atoms with E-state index in [9.17, 15) is 22.8 Å². The summed E-state index contributed by atoms with van der Waals surface area (Å²) < 4.78 is 48.3. The highest BCUT2D eigenvalue weighted by Crippen LogP contribution is 2.31. The van der Waals surface area contributed by atoms with E-state index in [0.717, 1.165) is 12.1 Å². The van der Waals surface area contributed by atoms with Crippen molar-refractivity contribution in [3.8, 4) is 17.2 Å². The van der Waals surface area contributed by atoms with Gasteiger partial charge in [0.15, 0.2) is 11.9 Å². The van der Waals surface area contributed by atoms with Crippen LogP contribution in [0.15, 0.2) is 48.5 Å². The molecule has 0 aliphatic heterocycles. The summed E-state index contributed by atoms with van der Waals surface area (Å²) in [6.07, 6.45) is -5.96. The number of ketones is 1. The molecule has 2 aromatic carbocycles. The van der Waals surface area contributed by atoms with Crippen LogP contribution in [0.2, 0.25) is 0 Å². The van der Waals surface area contributed by atoms with Gasteiger partial charge in [0.25, 0.3) is 0 Å². The molecule has 2 rings (SSSR count). The van der Waals surface area contributed by atoms with Crippen LogP contribution in [-0.2, 0) is 15.8 Å². The van der Waals surface area contributed by atoms with Gasteiger partial charge >= 0.3 is 12.1 Å². The summed E-state index contributed by atoms with van der Waals surface area (Å²) in [6, 6.07) is 10.3. The molecule has 0 heterocycles. The molecule has 0 aromatic heterocycles. The fourth-order valence-corrected chi connectivity index (χ4v) is 2.00. The van der Waals surface area contributed by atoms with Crippen LogP contribution in [0.1, 0.15) is 18.9 Å². The Morgan fingerprint density at radius 1 is 0.962 bits per heavy atom. The van der Waals surface area contributed by atoms with Gasteiger partial charge < -0.3 is 14.6 Å². The van der Waals surface area contributed by atoms with Crippen LogP contribution < -0.4 is 9.47 Å². The third kappa shape index (κ3) is 5.51. The van der Waals surface area contributed by atoms with Crippen LogP contribution in [0.3, 0.4) is 0 Å². The SMILES string of the molecule is C[C@@H](Oc1ccc(Oc2ccc(C(F)(F)F)cc2)cc1)C(=O)CC(=O)O. The van der Waals surface area contributed by atoms with Gasteiger partial charge in [-0.2, -0.15) is 13.2 Å². The third-order valence-corrected chi connectivity index (χ3v) is 3.33. The summed E-state index contributed by atoms with van der Waals surface area (Å²) >= 11 is 0. The monoisotopic (exact) mass is 368 g/mol. The molecular formula is C18H15F3O5. The normalized spacial score (nSPS) is 12.3. The van der Waals surface area contributed by atoms with E-state index in [1.807, 2.05) is 0 Å². The zero-order valence-electron chi connectivity index (χ0n) is 13.6. The number of benzene rings is 2. The van der Waals surface area contributed by atoms with Gasteiger partial charge in [0.05, 0.1) is 5.56 Å². The van der Waals surface area contributed by atoms with Gasteiger partial charge in [0, 0.05) is 0 Å². The molecule has 0 radical (unpaired) electrons. The van der Waals surface area contributed by atoms with Crippen LogP contribution in [0.25, 0.3) is 0 Å². The Balaban J connectivity index is 1.97. The topological polar surface area (TPSA) is 72.8 Å². The number of carboxylic acid groups (broad SMARTS) is 1. The van der Waals surface area contributed by atoms with Crippen LogP contribution >= 0.6 is 0 Å². The minimum absolute atomic E-state index is 0.233. The molecule has 0 aliphatic carbocycles. The van der Waals surface area contributed by atoms with Gasteiger partial charge in [0.1, 0.15) is 23.7 Å². The maximum atomic E-state index is 12.5. The van der Waals surface area contributed by atoms with E-state index >= 15 is 0 Å². The molecule has 0 spiro atoms. The van der Waals surface area contributed by atoms with Crippen LogP contribution in [0, 0.1) is 0 Å². The predicted octanol–water partition coefficient (Wildman–Crippen LogP) is 4.31. The maximum Gasteiger partial charge on any atom is 0.416 e. The number of carboxylic acids is 1. The molecule has 1 N–H and O–H groups in total. The zero-order chi connectivity index (χ0) is 19.3. The van der Waals surface area contributed by atoms with E-state index in [1.54, 1.807) is 0 Å². The summed E-state index contributed by atoms with van der Waals surface area (Å²) in [5.74, 6) is -0.873. The first-order valence-electron chi connectivity index (χ1n) is 7.51. The molecule has 2 aromatic rings. The van der Waals surface area contributed by atoms with Crippen molar-refractivity contribution >= 4 is 11.8 Å². The molecule has 138 valence electrons. The first-order valence-corrected chi connectivity index (χ1v) is 7.51. The van der Waals surface area contributed by atoms with Crippen molar-refractivity contribution in [2.24, 2.45) is 0 Å². The number of hydrogen-bond donors (Lipinski definition) is 1. The minimum atomic E-state index is -4.41. The van der Waals surface area contributed by atoms with Gasteiger partial charge in [-0.15, -0.1) is 0 Å². The average Bonchev–Trinajstić information content (AvgIpc) is 2.55. The molecule has 26 heavy (non-hydrogen) atoms. The lowest BCUT2D eigenvalue weighted by Crippen LogP contribution is -2.25. The second-order valence-corrected chi connectivity index (χ2v) is 5.39. The van der Waals surface area contributed by atoms with E-state index in [2.05, 4.69) is 0 Å². The maximum absolute atomic E-state index is 12.5. The first-order chi connectivity index (χ1) is 12.1. The fraction of sp³-hybridized carbons (Fsp3) is 0.222. The fourth-order valence-electron chi connectivity index (χ4n) is 2.00. The second-order valence-electron chi connectivity index (χ2n) is 5.39. The molecule has 0 unspecified atom stereocenters. The highest BCUT2D eigenvalue weighted by molar-refractivity contribution is 5.97. The van der Waals surface area contributed by atoms with E-state index in [-0.39, 0.29) is 5.75 Å². The van der Waals surface area contributed by atoms with Crippen molar-refractivity contribution in [3.05, 3.63) is 54.1 Å². The van der Waals surface area contributed by atoms with Crippen molar-refractivity contribution in [3.63, 3.8) is 0 Å². The van der Waals surface area contributed by atoms with Crippen LogP contribution in [0.5, 0.6) is 17.2 Å². The molecule has 0 saturated heterocycles. The Kier molecular flexibility index (Phi) is 5.86. The molecule has 1 atom stereocenters. The van der Waals surface area contributed by atoms with E-state index in [1.165, 1.54) is 43.3 Å². The quantitative estimate of drug-likeness (QED) is 0.738. The summed E-state index contributed by atoms with van der Waals surface area (Å²) in [7, 11) is 0. The Hall–Kier alpha value is -3.03. The standard InChI is InChI=1S/C18H15F3O5/c1-11(16(22)10-17(23)24)25-13-6-8-15(9-7-13)26-14-4-2-12(3-5-14)18(19,20)21/h2-9,11H,10H2,1H3,(H,23,24)/t11-/m1/s1. The largest absolute Gasteiger partial charge is 0.483 e. The molecule has 0 saturated carbocycles. The highest BCUT2D eigenvalue weighted by Gasteiger charge is 2.30. The third-order valence-electron chi connectivity index (χ3n) is 3.33. The lowest BCUT2D eigenvalue weighted by molar-refractivity contribution is -0.142. The first kappa shape index (κ1) is 19.3. The Labute approximate surface area is 147 Å². The van der Waals surface area contributed by atoms with Crippen molar-refractivity contribution in [2.45, 2.75) is 25.6 Å². The van der Waals surface area contributed by atoms with E-state index < -0.39 is 36.0 Å². The van der Waals surface area contributed by atoms with Crippen molar-refractivity contribution in [1.82, 2.24) is 0 Å². The summed E-state index contributed by atoms with van der Waals surface area (Å²) in [4.78, 5) is 22.1. The number of ether oxygens (including phenoxy) is 2. The number of carbonyl (C=O) groups is 2. The van der Waals surface area contributed by atoms with Crippen molar-refractivity contribution < 1.29 is 37.3 Å². The van der Waals surface area contributed by atoms with Gasteiger partial charge in [0.2, 0.25) is 0 Å². The predicted molar refractivity (Wildman–Crippen MR) is 85.3 cm³/mol. The van der Waals surface area contributed by atoms with Gasteiger partial charge in [-0.25, -0.2) is 0 Å². The summed E-state index contributed by atoms with van der Waals surface area (Å²) in [5.41, 5.74) is -0.770. The summed E-state index contributed by atoms with van der Waals surface area (Å²) in [5, 5.41) is 8.58. The smallest absolute Gasteiger partial charge is 0.416 e. The molecule has 0 bridgehead atoms. The molecule has 0 amide bonds. The van der Waals surface area contributed by atoms with E-state index in [4.69, 9.17) is 14.6 Å². The molecule has 0 fully saturated rings. The number of alkyl halides is 3. The lowest BCUT2D eigenvalue weighted by atomic mass is 10.2. The van der Waals surface area contributed by atoms with Crippen LogP contribution in [0.4, 0.5) is 13.2 Å². The van der Waals surface area contributed by atoms with Crippen LogP contribution in [-0.4, -0.2) is 23.0 Å². The minimum Gasteiger partial charge on any atom is -0.483 e.